The van der Waals surface area contributed by atoms with Crippen molar-refractivity contribution in [1.82, 2.24) is 20.9 Å². The molecule has 1 saturated carbocycles. The van der Waals surface area contributed by atoms with Gasteiger partial charge in [0.05, 0.1) is 18.5 Å². The lowest BCUT2D eigenvalue weighted by atomic mass is 9.85. The van der Waals surface area contributed by atoms with Gasteiger partial charge in [0, 0.05) is 23.7 Å². The van der Waals surface area contributed by atoms with Crippen molar-refractivity contribution in [2.75, 3.05) is 18.3 Å². The third-order valence-electron chi connectivity index (χ3n) is 7.47. The van der Waals surface area contributed by atoms with Gasteiger partial charge in [-0.3, -0.25) is 19.1 Å². The van der Waals surface area contributed by atoms with Crippen molar-refractivity contribution in [3.63, 3.8) is 0 Å². The van der Waals surface area contributed by atoms with Gasteiger partial charge in [-0.2, -0.15) is 0 Å². The van der Waals surface area contributed by atoms with E-state index in [0.29, 0.717) is 23.7 Å². The van der Waals surface area contributed by atoms with E-state index >= 15 is 0 Å². The molecule has 1 aliphatic carbocycles. The second-order valence-corrected chi connectivity index (χ2v) is 13.0. The molecule has 3 rings (SSSR count). The van der Waals surface area contributed by atoms with Crippen molar-refractivity contribution in [2.45, 2.75) is 77.5 Å². The highest BCUT2D eigenvalue weighted by atomic mass is 32.2. The predicted molar refractivity (Wildman–Crippen MR) is 148 cm³/mol. The van der Waals surface area contributed by atoms with Crippen LogP contribution in [0.15, 0.2) is 36.3 Å². The summed E-state index contributed by atoms with van der Waals surface area (Å²) in [7, 11) is -1.95. The molecule has 0 radical (unpaired) electrons. The van der Waals surface area contributed by atoms with Crippen LogP contribution in [0.4, 0.5) is 5.69 Å². The minimum atomic E-state index is -3.65. The van der Waals surface area contributed by atoms with Gasteiger partial charge >= 0.3 is 0 Å². The summed E-state index contributed by atoms with van der Waals surface area (Å²) in [5.74, 6) is -0.244. The molecule has 1 heterocycles. The van der Waals surface area contributed by atoms with Gasteiger partial charge in [0.15, 0.2) is 0 Å². The summed E-state index contributed by atoms with van der Waals surface area (Å²) in [5.41, 5.74) is 0.523. The van der Waals surface area contributed by atoms with Gasteiger partial charge in [0.1, 0.15) is 6.04 Å². The molecule has 5 atom stereocenters. The fourth-order valence-electron chi connectivity index (χ4n) is 5.33. The average Bonchev–Trinajstić information content (AvgIpc) is 3.43. The van der Waals surface area contributed by atoms with Crippen LogP contribution in [-0.4, -0.2) is 68.8 Å². The van der Waals surface area contributed by atoms with Crippen molar-refractivity contribution in [2.24, 2.45) is 11.3 Å². The Hall–Kier alpha value is -2.92. The molecule has 4 N–H and O–H groups in total. The Labute approximate surface area is 226 Å². The molecule has 2 aliphatic rings. The molecule has 11 heteroatoms. The summed E-state index contributed by atoms with van der Waals surface area (Å²) in [6.45, 7) is 11.4. The van der Waals surface area contributed by atoms with Gasteiger partial charge in [-0.1, -0.05) is 39.5 Å². The Morgan fingerprint density at radius 2 is 1.89 bits per heavy atom. The number of nitrogens with one attached hydrogen (secondary N) is 4. The van der Waals surface area contributed by atoms with E-state index in [-0.39, 0.29) is 36.2 Å². The molecular weight excluding hydrogens is 506 g/mol. The molecule has 2 fully saturated rings. The molecule has 1 aromatic rings. The van der Waals surface area contributed by atoms with E-state index in [0.717, 1.165) is 24.7 Å². The second kappa shape index (κ2) is 11.9. The van der Waals surface area contributed by atoms with Gasteiger partial charge < -0.3 is 20.9 Å². The van der Waals surface area contributed by atoms with E-state index in [1.54, 1.807) is 38.2 Å². The predicted octanol–water partition coefficient (Wildman–Crippen LogP) is 1.75. The number of anilines is 1. The van der Waals surface area contributed by atoms with E-state index in [1.807, 2.05) is 25.7 Å². The average molecular weight is 548 g/mol. The molecule has 0 unspecified atom stereocenters. The summed E-state index contributed by atoms with van der Waals surface area (Å²) in [6, 6.07) is 5.24. The smallest absolute Gasteiger partial charge is 0.254 e. The van der Waals surface area contributed by atoms with Gasteiger partial charge in [0.2, 0.25) is 17.7 Å². The van der Waals surface area contributed by atoms with E-state index in [4.69, 9.17) is 0 Å². The maximum atomic E-state index is 13.8. The van der Waals surface area contributed by atoms with E-state index in [2.05, 4.69) is 27.3 Å². The molecule has 0 aromatic heterocycles. The van der Waals surface area contributed by atoms with Crippen molar-refractivity contribution in [1.29, 1.82) is 0 Å². The number of sulfonamides is 1. The Morgan fingerprint density at radius 1 is 1.18 bits per heavy atom. The number of hydrogen-bond acceptors (Lipinski definition) is 6. The number of hydrogen-bond donors (Lipinski definition) is 4. The zero-order chi connectivity index (χ0) is 28.3. The summed E-state index contributed by atoms with van der Waals surface area (Å²) in [6.07, 6.45) is 2.63. The highest BCUT2D eigenvalue weighted by Crippen LogP contribution is 2.39. The molecule has 3 amide bonds. The maximum Gasteiger partial charge on any atom is 0.254 e. The van der Waals surface area contributed by atoms with E-state index < -0.39 is 27.5 Å². The lowest BCUT2D eigenvalue weighted by Crippen LogP contribution is -2.60. The van der Waals surface area contributed by atoms with Gasteiger partial charge in [-0.15, -0.1) is 0 Å². The van der Waals surface area contributed by atoms with Crippen LogP contribution in [-0.2, 0) is 30.8 Å². The molecular formula is C27H41N5O5S. The Kier molecular flexibility index (Phi) is 9.25. The number of carbonyl (C=O) groups is 3. The molecule has 38 heavy (non-hydrogen) atoms. The maximum absolute atomic E-state index is 13.8. The fourth-order valence-corrected chi connectivity index (χ4v) is 5.86. The number of likely N-dealkylation sites (tertiary alicyclic amines) is 1. The SMILES string of the molecule is C=CS(=O)(=O)Nc1cccc(CC(=O)N[C@H]2CC[C@@H]3CCN(C(=O)[C@@H](NC(=O)[C@H](C)NC)C(C)(C)C)[C@@H]32)c1. The number of rotatable bonds is 10. The highest BCUT2D eigenvalue weighted by Gasteiger charge is 2.49. The molecule has 1 aliphatic heterocycles. The molecule has 1 aromatic carbocycles. The van der Waals surface area contributed by atoms with Gasteiger partial charge in [-0.25, -0.2) is 8.42 Å². The molecule has 1 saturated heterocycles. The topological polar surface area (TPSA) is 137 Å². The first-order chi connectivity index (χ1) is 17.8. The van der Waals surface area contributed by atoms with Crippen LogP contribution >= 0.6 is 0 Å². The van der Waals surface area contributed by atoms with Crippen LogP contribution in [0.1, 0.15) is 52.5 Å². The normalized spacial score (nSPS) is 22.8. The summed E-state index contributed by atoms with van der Waals surface area (Å²) in [5, 5.41) is 9.80. The number of carbonyl (C=O) groups excluding carboxylic acids is 3. The first-order valence-corrected chi connectivity index (χ1v) is 14.6. The number of fused-ring (bicyclic) bond motifs is 1. The zero-order valence-electron chi connectivity index (χ0n) is 22.9. The lowest BCUT2D eigenvalue weighted by molar-refractivity contribution is -0.141. The highest BCUT2D eigenvalue weighted by molar-refractivity contribution is 7.95. The largest absolute Gasteiger partial charge is 0.351 e. The van der Waals surface area contributed by atoms with Crippen molar-refractivity contribution in [3.05, 3.63) is 41.8 Å². The fraction of sp³-hybridized carbons (Fsp3) is 0.593. The van der Waals surface area contributed by atoms with Crippen molar-refractivity contribution in [3.8, 4) is 0 Å². The minimum absolute atomic E-state index is 0.0775. The molecule has 0 bridgehead atoms. The van der Waals surface area contributed by atoms with Crippen LogP contribution in [0.25, 0.3) is 0 Å². The quantitative estimate of drug-likeness (QED) is 0.352. The van der Waals surface area contributed by atoms with Crippen molar-refractivity contribution < 1.29 is 22.8 Å². The summed E-state index contributed by atoms with van der Waals surface area (Å²) >= 11 is 0. The van der Waals surface area contributed by atoms with Gasteiger partial charge in [0.25, 0.3) is 10.0 Å². The number of likely N-dealkylation sites (N-methyl/N-ethyl adjacent to an activating group) is 1. The third-order valence-corrected chi connectivity index (χ3v) is 8.43. The zero-order valence-corrected chi connectivity index (χ0v) is 23.7. The van der Waals surface area contributed by atoms with E-state index in [9.17, 15) is 22.8 Å². The Balaban J connectivity index is 1.70. The first-order valence-electron chi connectivity index (χ1n) is 13.1. The monoisotopic (exact) mass is 547 g/mol. The lowest BCUT2D eigenvalue weighted by Gasteiger charge is -2.38. The molecule has 10 nitrogen and oxygen atoms in total. The second-order valence-electron chi connectivity index (χ2n) is 11.3. The summed E-state index contributed by atoms with van der Waals surface area (Å²) < 4.78 is 25.9. The third kappa shape index (κ3) is 7.13. The minimum Gasteiger partial charge on any atom is -0.351 e. The van der Waals surface area contributed by atoms with E-state index in [1.165, 1.54) is 0 Å². The standard InChI is InChI=1S/C27H41N5O5S/c1-7-38(36,37)31-20-10-8-9-18(15-20)16-22(33)29-21-12-11-19-13-14-32(23(19)21)26(35)24(27(3,4)5)30-25(34)17(2)28-6/h7-10,15,17,19,21,23-24,28,31H,1,11-14,16H2,2-6H3,(H,29,33)(H,30,34)/t17-,19+,21-,23-,24+/m0/s1. The van der Waals surface area contributed by atoms with Crippen LogP contribution in [0.3, 0.4) is 0 Å². The molecule has 210 valence electrons. The summed E-state index contributed by atoms with van der Waals surface area (Å²) in [4.78, 5) is 41.3. The Bertz CT molecular complexity index is 1160. The van der Waals surface area contributed by atoms with Crippen LogP contribution in [0.2, 0.25) is 0 Å². The van der Waals surface area contributed by atoms with Crippen LogP contribution in [0, 0.1) is 11.3 Å². The van der Waals surface area contributed by atoms with Crippen LogP contribution < -0.4 is 20.7 Å². The first kappa shape index (κ1) is 29.6. The Morgan fingerprint density at radius 3 is 2.53 bits per heavy atom. The van der Waals surface area contributed by atoms with Crippen molar-refractivity contribution >= 4 is 33.4 Å². The number of nitrogens with zero attached hydrogens (tertiary/aromatic N) is 1. The number of benzene rings is 1. The van der Waals surface area contributed by atoms with Gasteiger partial charge in [-0.05, 0) is 62.3 Å². The molecule has 0 spiro atoms. The number of amides is 3. The van der Waals surface area contributed by atoms with Crippen LogP contribution in [0.5, 0.6) is 0 Å².